The van der Waals surface area contributed by atoms with Gasteiger partial charge in [0, 0.05) is 38.6 Å². The fourth-order valence-corrected chi connectivity index (χ4v) is 1.58. The lowest BCUT2D eigenvalue weighted by atomic mass is 10.0. The van der Waals surface area contributed by atoms with E-state index in [9.17, 15) is 4.79 Å². The number of nitrogens with zero attached hydrogens (tertiary/aromatic N) is 2. The Hall–Kier alpha value is -1.62. The molecule has 0 bridgehead atoms. The first-order valence-corrected chi connectivity index (χ1v) is 6.10. The molecule has 0 fully saturated rings. The van der Waals surface area contributed by atoms with E-state index in [1.807, 2.05) is 6.07 Å². The van der Waals surface area contributed by atoms with Gasteiger partial charge in [-0.15, -0.1) is 0 Å². The standard InChI is InChI=1S/C13H22N4O/c1-9(2)12(8-14)16-10-5-6-15-11(7-10)13(18)17(3)4/h5-7,9,12H,8,14H2,1-4H3,(H,15,16). The number of carbonyl (C=O) groups excluding carboxylic acids is 1. The van der Waals surface area contributed by atoms with Gasteiger partial charge in [-0.3, -0.25) is 9.78 Å². The van der Waals surface area contributed by atoms with Crippen LogP contribution in [0.3, 0.4) is 0 Å². The number of nitrogens with two attached hydrogens (primary N) is 1. The predicted octanol–water partition coefficient (Wildman–Crippen LogP) is 1.18. The molecule has 0 radical (unpaired) electrons. The van der Waals surface area contributed by atoms with Gasteiger partial charge in [-0.05, 0) is 18.1 Å². The number of carbonyl (C=O) groups is 1. The Morgan fingerprint density at radius 3 is 2.67 bits per heavy atom. The molecule has 1 heterocycles. The minimum Gasteiger partial charge on any atom is -0.381 e. The van der Waals surface area contributed by atoms with Gasteiger partial charge in [0.1, 0.15) is 5.69 Å². The number of amides is 1. The quantitative estimate of drug-likeness (QED) is 0.823. The van der Waals surface area contributed by atoms with E-state index >= 15 is 0 Å². The highest BCUT2D eigenvalue weighted by molar-refractivity contribution is 5.92. The maximum absolute atomic E-state index is 11.8. The zero-order chi connectivity index (χ0) is 13.7. The largest absolute Gasteiger partial charge is 0.381 e. The molecule has 1 aromatic heterocycles. The SMILES string of the molecule is CC(C)C(CN)Nc1ccnc(C(=O)N(C)C)c1. The van der Waals surface area contributed by atoms with Crippen LogP contribution in [-0.4, -0.2) is 42.5 Å². The smallest absolute Gasteiger partial charge is 0.272 e. The van der Waals surface area contributed by atoms with Gasteiger partial charge in [-0.25, -0.2) is 0 Å². The summed E-state index contributed by atoms with van der Waals surface area (Å²) in [7, 11) is 3.42. The van der Waals surface area contributed by atoms with Crippen LogP contribution in [-0.2, 0) is 0 Å². The lowest BCUT2D eigenvalue weighted by Gasteiger charge is -2.22. The van der Waals surface area contributed by atoms with Gasteiger partial charge in [0.2, 0.25) is 0 Å². The molecule has 0 spiro atoms. The number of aromatic nitrogens is 1. The summed E-state index contributed by atoms with van der Waals surface area (Å²) in [6.07, 6.45) is 1.63. The Kier molecular flexibility index (Phi) is 5.09. The Balaban J connectivity index is 2.85. The van der Waals surface area contributed by atoms with Crippen molar-refractivity contribution in [1.82, 2.24) is 9.88 Å². The van der Waals surface area contributed by atoms with Crippen molar-refractivity contribution in [2.75, 3.05) is 26.0 Å². The highest BCUT2D eigenvalue weighted by atomic mass is 16.2. The van der Waals surface area contributed by atoms with Crippen LogP contribution in [0.15, 0.2) is 18.3 Å². The first-order valence-electron chi connectivity index (χ1n) is 6.10. The first kappa shape index (κ1) is 14.4. The van der Waals surface area contributed by atoms with Crippen molar-refractivity contribution in [3.8, 4) is 0 Å². The average molecular weight is 250 g/mol. The molecule has 0 aliphatic heterocycles. The van der Waals surface area contributed by atoms with Crippen LogP contribution in [0, 0.1) is 5.92 Å². The van der Waals surface area contributed by atoms with E-state index in [1.54, 1.807) is 26.4 Å². The summed E-state index contributed by atoms with van der Waals surface area (Å²) in [6, 6.07) is 3.79. The molecule has 1 atom stereocenters. The van der Waals surface area contributed by atoms with Crippen molar-refractivity contribution in [1.29, 1.82) is 0 Å². The molecular formula is C13H22N4O. The second kappa shape index (κ2) is 6.35. The third-order valence-electron chi connectivity index (χ3n) is 2.80. The molecule has 0 saturated heterocycles. The van der Waals surface area contributed by atoms with Crippen LogP contribution >= 0.6 is 0 Å². The van der Waals surface area contributed by atoms with Gasteiger partial charge in [-0.1, -0.05) is 13.8 Å². The number of pyridine rings is 1. The van der Waals surface area contributed by atoms with Crippen LogP contribution in [0.25, 0.3) is 0 Å². The van der Waals surface area contributed by atoms with E-state index in [-0.39, 0.29) is 11.9 Å². The normalized spacial score (nSPS) is 12.3. The van der Waals surface area contributed by atoms with Gasteiger partial charge < -0.3 is 16.0 Å². The third kappa shape index (κ3) is 3.70. The highest BCUT2D eigenvalue weighted by Crippen LogP contribution is 2.13. The molecule has 18 heavy (non-hydrogen) atoms. The summed E-state index contributed by atoms with van der Waals surface area (Å²) < 4.78 is 0. The van der Waals surface area contributed by atoms with Crippen LogP contribution in [0.5, 0.6) is 0 Å². The van der Waals surface area contributed by atoms with E-state index < -0.39 is 0 Å². The zero-order valence-corrected chi connectivity index (χ0v) is 11.5. The summed E-state index contributed by atoms with van der Waals surface area (Å²) >= 11 is 0. The molecule has 100 valence electrons. The Labute approximate surface area is 108 Å². The van der Waals surface area contributed by atoms with Gasteiger partial charge in [0.25, 0.3) is 5.91 Å². The lowest BCUT2D eigenvalue weighted by molar-refractivity contribution is 0.0822. The molecule has 5 nitrogen and oxygen atoms in total. The van der Waals surface area contributed by atoms with E-state index in [0.29, 0.717) is 18.2 Å². The van der Waals surface area contributed by atoms with E-state index in [4.69, 9.17) is 5.73 Å². The Morgan fingerprint density at radius 2 is 2.17 bits per heavy atom. The number of hydrogen-bond acceptors (Lipinski definition) is 4. The summed E-state index contributed by atoms with van der Waals surface area (Å²) in [5.74, 6) is 0.323. The second-order valence-corrected chi connectivity index (χ2v) is 4.86. The van der Waals surface area contributed by atoms with Crippen molar-refractivity contribution in [3.05, 3.63) is 24.0 Å². The summed E-state index contributed by atoms with van der Waals surface area (Å²) in [5, 5.41) is 3.33. The van der Waals surface area contributed by atoms with E-state index in [0.717, 1.165) is 5.69 Å². The zero-order valence-electron chi connectivity index (χ0n) is 11.5. The molecule has 0 aliphatic rings. The number of nitrogens with one attached hydrogen (secondary N) is 1. The molecule has 1 amide bonds. The monoisotopic (exact) mass is 250 g/mol. The van der Waals surface area contributed by atoms with Crippen molar-refractivity contribution >= 4 is 11.6 Å². The fraction of sp³-hybridized carbons (Fsp3) is 0.538. The van der Waals surface area contributed by atoms with Gasteiger partial charge in [-0.2, -0.15) is 0 Å². The summed E-state index contributed by atoms with van der Waals surface area (Å²) in [4.78, 5) is 17.4. The number of rotatable bonds is 5. The van der Waals surface area contributed by atoms with Gasteiger partial charge >= 0.3 is 0 Å². The number of anilines is 1. The van der Waals surface area contributed by atoms with Crippen LogP contribution in [0.2, 0.25) is 0 Å². The molecular weight excluding hydrogens is 228 g/mol. The lowest BCUT2D eigenvalue weighted by Crippen LogP contribution is -2.33. The van der Waals surface area contributed by atoms with Crippen LogP contribution in [0.1, 0.15) is 24.3 Å². The molecule has 1 aromatic rings. The van der Waals surface area contributed by atoms with Crippen LogP contribution in [0.4, 0.5) is 5.69 Å². The first-order chi connectivity index (χ1) is 8.45. The maximum atomic E-state index is 11.8. The molecule has 0 saturated carbocycles. The van der Waals surface area contributed by atoms with Crippen molar-refractivity contribution < 1.29 is 4.79 Å². The minimum atomic E-state index is -0.104. The minimum absolute atomic E-state index is 0.104. The summed E-state index contributed by atoms with van der Waals surface area (Å²) in [5.41, 5.74) is 7.02. The van der Waals surface area contributed by atoms with Gasteiger partial charge in [0.05, 0.1) is 0 Å². The average Bonchev–Trinajstić information content (AvgIpc) is 2.34. The molecule has 1 rings (SSSR count). The maximum Gasteiger partial charge on any atom is 0.272 e. The molecule has 0 aliphatic carbocycles. The topological polar surface area (TPSA) is 71.2 Å². The second-order valence-electron chi connectivity index (χ2n) is 4.86. The van der Waals surface area contributed by atoms with E-state index in [1.165, 1.54) is 4.90 Å². The van der Waals surface area contributed by atoms with Crippen molar-refractivity contribution in [2.24, 2.45) is 11.7 Å². The van der Waals surface area contributed by atoms with Crippen molar-refractivity contribution in [3.63, 3.8) is 0 Å². The highest BCUT2D eigenvalue weighted by Gasteiger charge is 2.13. The third-order valence-corrected chi connectivity index (χ3v) is 2.80. The molecule has 0 aromatic carbocycles. The van der Waals surface area contributed by atoms with Crippen LogP contribution < -0.4 is 11.1 Å². The number of hydrogen-bond donors (Lipinski definition) is 2. The van der Waals surface area contributed by atoms with Gasteiger partial charge in [0.15, 0.2) is 0 Å². The molecule has 5 heteroatoms. The fourth-order valence-electron chi connectivity index (χ4n) is 1.58. The summed E-state index contributed by atoms with van der Waals surface area (Å²) in [6.45, 7) is 4.77. The predicted molar refractivity (Wildman–Crippen MR) is 73.6 cm³/mol. The molecule has 1 unspecified atom stereocenters. The Bertz CT molecular complexity index is 404. The molecule has 3 N–H and O–H groups in total. The van der Waals surface area contributed by atoms with Crippen molar-refractivity contribution in [2.45, 2.75) is 19.9 Å². The Morgan fingerprint density at radius 1 is 1.50 bits per heavy atom. The van der Waals surface area contributed by atoms with E-state index in [2.05, 4.69) is 24.1 Å².